The predicted octanol–water partition coefficient (Wildman–Crippen LogP) is 2.49. The van der Waals surface area contributed by atoms with Gasteiger partial charge in [0.05, 0.1) is 18.4 Å². The molecule has 0 aliphatic rings. The van der Waals surface area contributed by atoms with E-state index in [9.17, 15) is 8.42 Å². The lowest BCUT2D eigenvalue weighted by Crippen LogP contribution is -2.08. The Kier molecular flexibility index (Phi) is 4.12. The second-order valence-electron chi connectivity index (χ2n) is 5.09. The van der Waals surface area contributed by atoms with E-state index in [1.165, 1.54) is 6.07 Å². The minimum atomic E-state index is -3.33. The first-order valence-corrected chi connectivity index (χ1v) is 8.91. The van der Waals surface area contributed by atoms with E-state index in [0.29, 0.717) is 18.2 Å². The van der Waals surface area contributed by atoms with Crippen LogP contribution in [0.1, 0.15) is 5.82 Å². The first kappa shape index (κ1) is 15.2. The molecule has 0 bridgehead atoms. The van der Waals surface area contributed by atoms with E-state index < -0.39 is 9.84 Å². The molecule has 0 amide bonds. The molecule has 3 rings (SSSR count). The fourth-order valence-electron chi connectivity index (χ4n) is 2.21. The zero-order valence-corrected chi connectivity index (χ0v) is 13.3. The largest absolute Gasteiger partial charge is 0.362 e. The topological polar surface area (TPSA) is 87.7 Å². The monoisotopic (exact) mass is 328 g/mol. The molecule has 118 valence electrons. The molecule has 0 unspecified atom stereocenters. The lowest BCUT2D eigenvalue weighted by molar-refractivity contribution is 0.601. The molecule has 0 radical (unpaired) electrons. The second-order valence-corrected chi connectivity index (χ2v) is 7.07. The summed E-state index contributed by atoms with van der Waals surface area (Å²) < 4.78 is 23.5. The van der Waals surface area contributed by atoms with Gasteiger partial charge in [0.1, 0.15) is 16.5 Å². The van der Waals surface area contributed by atoms with Gasteiger partial charge in [-0.2, -0.15) is 0 Å². The van der Waals surface area contributed by atoms with Crippen LogP contribution >= 0.6 is 0 Å². The minimum absolute atomic E-state index is 0.176. The van der Waals surface area contributed by atoms with Gasteiger partial charge in [0.2, 0.25) is 0 Å². The van der Waals surface area contributed by atoms with Crippen LogP contribution in [0.15, 0.2) is 59.8 Å². The number of hydrogen-bond donors (Lipinski definition) is 2. The number of anilines is 1. The molecule has 3 aromatic rings. The molecule has 23 heavy (non-hydrogen) atoms. The van der Waals surface area contributed by atoms with E-state index in [2.05, 4.69) is 20.3 Å². The Morgan fingerprint density at radius 3 is 2.61 bits per heavy atom. The van der Waals surface area contributed by atoms with Crippen LogP contribution in [0.3, 0.4) is 0 Å². The maximum Gasteiger partial charge on any atom is 0.179 e. The summed E-state index contributed by atoms with van der Waals surface area (Å²) in [5.41, 5.74) is 1.95. The molecule has 2 heterocycles. The van der Waals surface area contributed by atoms with Crippen molar-refractivity contribution >= 4 is 15.7 Å². The predicted molar refractivity (Wildman–Crippen MR) is 88.7 cm³/mol. The third-order valence-electron chi connectivity index (χ3n) is 3.31. The number of sulfone groups is 1. The first-order chi connectivity index (χ1) is 11.0. The van der Waals surface area contributed by atoms with Crippen LogP contribution in [0.4, 0.5) is 5.82 Å². The summed E-state index contributed by atoms with van der Waals surface area (Å²) in [6.45, 7) is 0.354. The number of nitrogens with one attached hydrogen (secondary N) is 2. The highest BCUT2D eigenvalue weighted by Gasteiger charge is 2.14. The summed E-state index contributed by atoms with van der Waals surface area (Å²) >= 11 is 0. The Balaban J connectivity index is 1.77. The van der Waals surface area contributed by atoms with Crippen molar-refractivity contribution in [2.24, 2.45) is 0 Å². The van der Waals surface area contributed by atoms with Crippen LogP contribution in [0.2, 0.25) is 0 Å². The Morgan fingerprint density at radius 1 is 1.09 bits per heavy atom. The van der Waals surface area contributed by atoms with E-state index in [1.807, 2.05) is 30.3 Å². The van der Waals surface area contributed by atoms with Crippen molar-refractivity contribution in [1.29, 1.82) is 0 Å². The summed E-state index contributed by atoms with van der Waals surface area (Å²) in [5.74, 6) is 1.03. The summed E-state index contributed by atoms with van der Waals surface area (Å²) in [5, 5.41) is 3.02. The van der Waals surface area contributed by atoms with Crippen LogP contribution in [0.5, 0.6) is 0 Å². The SMILES string of the molecule is CS(=O)(=O)c1cccnc1NCc1ncc(-c2ccccc2)[nH]1. The van der Waals surface area contributed by atoms with Crippen LogP contribution in [0, 0.1) is 0 Å². The molecule has 2 aromatic heterocycles. The molecular weight excluding hydrogens is 312 g/mol. The molecule has 2 N–H and O–H groups in total. The summed E-state index contributed by atoms with van der Waals surface area (Å²) in [6.07, 6.45) is 4.46. The van der Waals surface area contributed by atoms with Crippen molar-refractivity contribution in [3.8, 4) is 11.3 Å². The van der Waals surface area contributed by atoms with Gasteiger partial charge in [0, 0.05) is 12.5 Å². The van der Waals surface area contributed by atoms with Crippen molar-refractivity contribution in [3.05, 3.63) is 60.7 Å². The number of rotatable bonds is 5. The molecule has 7 heteroatoms. The van der Waals surface area contributed by atoms with E-state index >= 15 is 0 Å². The normalized spacial score (nSPS) is 11.3. The quantitative estimate of drug-likeness (QED) is 0.751. The average molecular weight is 328 g/mol. The molecule has 0 aliphatic heterocycles. The number of nitrogens with zero attached hydrogens (tertiary/aromatic N) is 2. The lowest BCUT2D eigenvalue weighted by atomic mass is 10.2. The highest BCUT2D eigenvalue weighted by atomic mass is 32.2. The highest BCUT2D eigenvalue weighted by Crippen LogP contribution is 2.19. The number of aromatic amines is 1. The maximum atomic E-state index is 11.8. The molecule has 1 aromatic carbocycles. The molecule has 0 spiro atoms. The number of benzene rings is 1. The molecule has 0 fully saturated rings. The standard InChI is InChI=1S/C16H16N4O2S/c1-23(21,22)14-8-5-9-17-16(14)19-11-15-18-10-13(20-15)12-6-3-2-4-7-12/h2-10H,11H2,1H3,(H,17,19)(H,18,20). The molecule has 6 nitrogen and oxygen atoms in total. The third-order valence-corrected chi connectivity index (χ3v) is 4.44. The summed E-state index contributed by atoms with van der Waals surface area (Å²) in [4.78, 5) is 11.8. The smallest absolute Gasteiger partial charge is 0.179 e. The summed E-state index contributed by atoms with van der Waals surface area (Å²) in [6, 6.07) is 13.0. The zero-order chi connectivity index (χ0) is 16.3. The van der Waals surface area contributed by atoms with Gasteiger partial charge in [-0.15, -0.1) is 0 Å². The van der Waals surface area contributed by atoms with Crippen molar-refractivity contribution < 1.29 is 8.42 Å². The Bertz CT molecular complexity index is 905. The van der Waals surface area contributed by atoms with Gasteiger partial charge in [-0.3, -0.25) is 0 Å². The summed E-state index contributed by atoms with van der Waals surface area (Å²) in [7, 11) is -3.33. The van der Waals surface area contributed by atoms with E-state index in [1.54, 1.807) is 18.5 Å². The minimum Gasteiger partial charge on any atom is -0.362 e. The van der Waals surface area contributed by atoms with Gasteiger partial charge >= 0.3 is 0 Å². The van der Waals surface area contributed by atoms with Gasteiger partial charge in [-0.25, -0.2) is 18.4 Å². The van der Waals surface area contributed by atoms with Crippen LogP contribution in [-0.4, -0.2) is 29.6 Å². The van der Waals surface area contributed by atoms with Crippen molar-refractivity contribution in [2.45, 2.75) is 11.4 Å². The molecule has 0 aliphatic carbocycles. The number of aromatic nitrogens is 3. The van der Waals surface area contributed by atoms with Gasteiger partial charge in [-0.05, 0) is 17.7 Å². The molecular formula is C16H16N4O2S. The fraction of sp³-hybridized carbons (Fsp3) is 0.125. The number of imidazole rings is 1. The highest BCUT2D eigenvalue weighted by molar-refractivity contribution is 7.90. The van der Waals surface area contributed by atoms with Gasteiger partial charge in [-0.1, -0.05) is 30.3 Å². The van der Waals surface area contributed by atoms with E-state index in [-0.39, 0.29) is 4.90 Å². The Morgan fingerprint density at radius 2 is 1.87 bits per heavy atom. The molecule has 0 atom stereocenters. The maximum absolute atomic E-state index is 11.8. The zero-order valence-electron chi connectivity index (χ0n) is 12.5. The third kappa shape index (κ3) is 3.57. The average Bonchev–Trinajstić information content (AvgIpc) is 3.02. The lowest BCUT2D eigenvalue weighted by Gasteiger charge is -2.08. The van der Waals surface area contributed by atoms with Crippen molar-refractivity contribution in [3.63, 3.8) is 0 Å². The number of H-pyrrole nitrogens is 1. The van der Waals surface area contributed by atoms with Gasteiger partial charge in [0.15, 0.2) is 9.84 Å². The van der Waals surface area contributed by atoms with Crippen LogP contribution < -0.4 is 5.32 Å². The van der Waals surface area contributed by atoms with Gasteiger partial charge < -0.3 is 10.3 Å². The second kappa shape index (κ2) is 6.21. The Labute approximate surface area is 134 Å². The Hall–Kier alpha value is -2.67. The van der Waals surface area contributed by atoms with Crippen molar-refractivity contribution in [1.82, 2.24) is 15.0 Å². The number of hydrogen-bond acceptors (Lipinski definition) is 5. The van der Waals surface area contributed by atoms with Crippen molar-refractivity contribution in [2.75, 3.05) is 11.6 Å². The number of pyridine rings is 1. The van der Waals surface area contributed by atoms with E-state index in [4.69, 9.17) is 0 Å². The van der Waals surface area contributed by atoms with Crippen LogP contribution in [0.25, 0.3) is 11.3 Å². The fourth-order valence-corrected chi connectivity index (χ4v) is 3.01. The molecule has 0 saturated carbocycles. The van der Waals surface area contributed by atoms with E-state index in [0.717, 1.165) is 17.5 Å². The first-order valence-electron chi connectivity index (χ1n) is 7.02. The van der Waals surface area contributed by atoms with Crippen LogP contribution in [-0.2, 0) is 16.4 Å². The van der Waals surface area contributed by atoms with Gasteiger partial charge in [0.25, 0.3) is 0 Å². The molecule has 0 saturated heterocycles.